The quantitative estimate of drug-likeness (QED) is 0.329. The van der Waals surface area contributed by atoms with E-state index in [2.05, 4.69) is 26.3 Å². The molecule has 0 unspecified atom stereocenters. The van der Waals surface area contributed by atoms with Crippen molar-refractivity contribution in [2.24, 2.45) is 0 Å². The third-order valence-electron chi connectivity index (χ3n) is 5.03. The number of anilines is 1. The molecule has 0 saturated carbocycles. The minimum atomic E-state index is -0.670. The molecular weight excluding hydrogens is 538 g/mol. The molecular formula is C24H20BrN3O6S. The van der Waals surface area contributed by atoms with Crippen molar-refractivity contribution >= 4 is 54.9 Å². The summed E-state index contributed by atoms with van der Waals surface area (Å²) in [6, 6.07) is 11.6. The molecule has 0 aliphatic carbocycles. The van der Waals surface area contributed by atoms with Crippen LogP contribution in [0.5, 0.6) is 11.5 Å². The zero-order valence-electron chi connectivity index (χ0n) is 19.0. The van der Waals surface area contributed by atoms with Gasteiger partial charge in [-0.05, 0) is 43.3 Å². The molecule has 0 saturated heterocycles. The van der Waals surface area contributed by atoms with E-state index in [4.69, 9.17) is 14.2 Å². The van der Waals surface area contributed by atoms with Crippen LogP contribution in [0.4, 0.5) is 5.00 Å². The number of carbonyl (C=O) groups is 2. The highest BCUT2D eigenvalue weighted by Crippen LogP contribution is 2.32. The van der Waals surface area contributed by atoms with Gasteiger partial charge >= 0.3 is 5.97 Å². The van der Waals surface area contributed by atoms with Gasteiger partial charge in [0.1, 0.15) is 16.5 Å². The number of esters is 1. The maximum absolute atomic E-state index is 13.5. The Bertz CT molecular complexity index is 1460. The van der Waals surface area contributed by atoms with Crippen molar-refractivity contribution in [3.63, 3.8) is 0 Å². The van der Waals surface area contributed by atoms with E-state index in [9.17, 15) is 14.4 Å². The lowest BCUT2D eigenvalue weighted by atomic mass is 10.1. The van der Waals surface area contributed by atoms with Crippen LogP contribution in [0, 0.1) is 0 Å². The first kappa shape index (κ1) is 24.4. The molecule has 1 amide bonds. The second kappa shape index (κ2) is 10.3. The van der Waals surface area contributed by atoms with Crippen LogP contribution in [0.2, 0.25) is 0 Å². The standard InChI is InChI=1S/C24H20BrN3O6S/c1-4-34-24(31)20-18-12-35-22(26-21(29)13-9-16(32-2)11-17(10-13)33-3)19(18)23(30)28(27-20)15-7-5-14(25)6-8-15/h5-12H,4H2,1-3H3,(H,26,29). The van der Waals surface area contributed by atoms with Crippen molar-refractivity contribution < 1.29 is 23.8 Å². The van der Waals surface area contributed by atoms with E-state index in [0.29, 0.717) is 22.6 Å². The molecule has 4 aromatic rings. The summed E-state index contributed by atoms with van der Waals surface area (Å²) in [6.45, 7) is 1.83. The summed E-state index contributed by atoms with van der Waals surface area (Å²) >= 11 is 4.48. The number of carbonyl (C=O) groups excluding carboxylic acids is 2. The van der Waals surface area contributed by atoms with Gasteiger partial charge in [-0.1, -0.05) is 15.9 Å². The smallest absolute Gasteiger partial charge is 0.359 e. The Balaban J connectivity index is 1.85. The van der Waals surface area contributed by atoms with Crippen molar-refractivity contribution in [1.29, 1.82) is 0 Å². The molecule has 0 atom stereocenters. The second-order valence-corrected chi connectivity index (χ2v) is 8.97. The van der Waals surface area contributed by atoms with E-state index in [1.165, 1.54) is 14.2 Å². The van der Waals surface area contributed by atoms with Gasteiger partial charge < -0.3 is 19.5 Å². The molecule has 0 fully saturated rings. The summed E-state index contributed by atoms with van der Waals surface area (Å²) in [5, 5.41) is 9.39. The van der Waals surface area contributed by atoms with E-state index >= 15 is 0 Å². The fraction of sp³-hybridized carbons (Fsp3) is 0.167. The number of methoxy groups -OCH3 is 2. The molecule has 35 heavy (non-hydrogen) atoms. The highest BCUT2D eigenvalue weighted by atomic mass is 79.9. The molecule has 0 bridgehead atoms. The SMILES string of the molecule is CCOC(=O)c1nn(-c2ccc(Br)cc2)c(=O)c2c(NC(=O)c3cc(OC)cc(OC)c3)scc12. The molecule has 4 rings (SSSR count). The first-order valence-corrected chi connectivity index (χ1v) is 12.1. The number of aromatic nitrogens is 2. The predicted molar refractivity (Wildman–Crippen MR) is 136 cm³/mol. The number of rotatable bonds is 7. The monoisotopic (exact) mass is 557 g/mol. The fourth-order valence-corrected chi connectivity index (χ4v) is 4.56. The van der Waals surface area contributed by atoms with Crippen LogP contribution in [0.25, 0.3) is 16.5 Å². The summed E-state index contributed by atoms with van der Waals surface area (Å²) in [6.07, 6.45) is 0. The summed E-state index contributed by atoms with van der Waals surface area (Å²) in [4.78, 5) is 39.3. The lowest BCUT2D eigenvalue weighted by Gasteiger charge is -2.11. The minimum absolute atomic E-state index is 0.0239. The van der Waals surface area contributed by atoms with Crippen LogP contribution in [-0.4, -0.2) is 42.5 Å². The molecule has 0 radical (unpaired) electrons. The number of nitrogens with one attached hydrogen (secondary N) is 1. The fourth-order valence-electron chi connectivity index (χ4n) is 3.36. The molecule has 180 valence electrons. The number of halogens is 1. The van der Waals surface area contributed by atoms with Crippen LogP contribution in [0.15, 0.2) is 57.1 Å². The van der Waals surface area contributed by atoms with Crippen LogP contribution >= 0.6 is 27.3 Å². The summed E-state index contributed by atoms with van der Waals surface area (Å²) in [7, 11) is 2.97. The lowest BCUT2D eigenvalue weighted by molar-refractivity contribution is 0.0520. The lowest BCUT2D eigenvalue weighted by Crippen LogP contribution is -2.25. The van der Waals surface area contributed by atoms with Gasteiger partial charge in [-0.15, -0.1) is 11.3 Å². The summed E-state index contributed by atoms with van der Waals surface area (Å²) in [5.41, 5.74) is 0.210. The average molecular weight is 558 g/mol. The Kier molecular flexibility index (Phi) is 7.17. The number of hydrogen-bond acceptors (Lipinski definition) is 8. The molecule has 2 aromatic heterocycles. The highest BCUT2D eigenvalue weighted by Gasteiger charge is 2.23. The molecule has 0 spiro atoms. The Morgan fingerprint density at radius 1 is 1.09 bits per heavy atom. The largest absolute Gasteiger partial charge is 0.497 e. The van der Waals surface area contributed by atoms with Crippen LogP contribution in [0.1, 0.15) is 27.8 Å². The normalized spacial score (nSPS) is 10.7. The first-order chi connectivity index (χ1) is 16.9. The van der Waals surface area contributed by atoms with E-state index in [0.717, 1.165) is 20.5 Å². The van der Waals surface area contributed by atoms with Gasteiger partial charge in [0.2, 0.25) is 0 Å². The van der Waals surface area contributed by atoms with E-state index in [1.807, 2.05) is 0 Å². The third-order valence-corrected chi connectivity index (χ3v) is 6.46. The Labute approximate surface area is 212 Å². The van der Waals surface area contributed by atoms with E-state index < -0.39 is 17.4 Å². The molecule has 1 N–H and O–H groups in total. The van der Waals surface area contributed by atoms with Crippen molar-refractivity contribution in [3.8, 4) is 17.2 Å². The van der Waals surface area contributed by atoms with E-state index in [-0.39, 0.29) is 28.3 Å². The zero-order chi connectivity index (χ0) is 25.1. The van der Waals surface area contributed by atoms with Crippen molar-refractivity contribution in [2.75, 3.05) is 26.1 Å². The Hall–Kier alpha value is -3.70. The number of nitrogens with zero attached hydrogens (tertiary/aromatic N) is 2. The molecule has 2 heterocycles. The van der Waals surface area contributed by atoms with Gasteiger partial charge in [-0.2, -0.15) is 9.78 Å². The predicted octanol–water partition coefficient (Wildman–Crippen LogP) is 4.66. The molecule has 0 aliphatic heterocycles. The second-order valence-electron chi connectivity index (χ2n) is 7.17. The average Bonchev–Trinajstić information content (AvgIpc) is 3.28. The van der Waals surface area contributed by atoms with Gasteiger partial charge in [-0.25, -0.2) is 4.79 Å². The van der Waals surface area contributed by atoms with Crippen LogP contribution in [-0.2, 0) is 4.74 Å². The number of amides is 1. The maximum atomic E-state index is 13.5. The number of hydrogen-bond donors (Lipinski definition) is 1. The van der Waals surface area contributed by atoms with Crippen LogP contribution in [0.3, 0.4) is 0 Å². The minimum Gasteiger partial charge on any atom is -0.497 e. The molecule has 11 heteroatoms. The number of thiophene rings is 1. The molecule has 0 aliphatic rings. The van der Waals surface area contributed by atoms with Gasteiger partial charge in [0.25, 0.3) is 11.5 Å². The van der Waals surface area contributed by atoms with Crippen LogP contribution < -0.4 is 20.3 Å². The Morgan fingerprint density at radius 3 is 2.34 bits per heavy atom. The number of ether oxygens (including phenoxy) is 3. The summed E-state index contributed by atoms with van der Waals surface area (Å²) < 4.78 is 17.6. The maximum Gasteiger partial charge on any atom is 0.359 e. The van der Waals surface area contributed by atoms with Gasteiger partial charge in [0, 0.05) is 26.9 Å². The van der Waals surface area contributed by atoms with Crippen molar-refractivity contribution in [3.05, 3.63) is 73.9 Å². The molecule has 2 aromatic carbocycles. The van der Waals surface area contributed by atoms with E-state index in [1.54, 1.807) is 54.8 Å². The van der Waals surface area contributed by atoms with Crippen molar-refractivity contribution in [2.45, 2.75) is 6.92 Å². The highest BCUT2D eigenvalue weighted by molar-refractivity contribution is 9.10. The third kappa shape index (κ3) is 4.91. The number of benzene rings is 2. The van der Waals surface area contributed by atoms with Crippen molar-refractivity contribution in [1.82, 2.24) is 9.78 Å². The summed E-state index contributed by atoms with van der Waals surface area (Å²) in [5.74, 6) is -0.263. The molecule has 9 nitrogen and oxygen atoms in total. The first-order valence-electron chi connectivity index (χ1n) is 10.4. The zero-order valence-corrected chi connectivity index (χ0v) is 21.4. The van der Waals surface area contributed by atoms with Gasteiger partial charge in [0.15, 0.2) is 5.69 Å². The van der Waals surface area contributed by atoms with Gasteiger partial charge in [0.05, 0.1) is 31.9 Å². The topological polar surface area (TPSA) is 109 Å². The van der Waals surface area contributed by atoms with Gasteiger partial charge in [-0.3, -0.25) is 9.59 Å². The Morgan fingerprint density at radius 2 is 1.74 bits per heavy atom. The number of fused-ring (bicyclic) bond motifs is 1.